The van der Waals surface area contributed by atoms with Crippen LogP contribution < -0.4 is 11.1 Å². The van der Waals surface area contributed by atoms with Crippen LogP contribution in [0.1, 0.15) is 18.1 Å². The number of hydrogen-bond acceptors (Lipinski definition) is 2. The molecule has 98 valence electrons. The van der Waals surface area contributed by atoms with Gasteiger partial charge < -0.3 is 16.0 Å². The Labute approximate surface area is 111 Å². The lowest BCUT2D eigenvalue weighted by Gasteiger charge is -2.15. The molecule has 0 unspecified atom stereocenters. The van der Waals surface area contributed by atoms with Gasteiger partial charge in [-0.05, 0) is 13.0 Å². The van der Waals surface area contributed by atoms with Gasteiger partial charge in [0.25, 0.3) is 0 Å². The van der Waals surface area contributed by atoms with Crippen molar-refractivity contribution in [1.82, 2.24) is 10.2 Å². The van der Waals surface area contributed by atoms with Crippen LogP contribution in [0.15, 0.2) is 18.2 Å². The third-order valence-electron chi connectivity index (χ3n) is 2.59. The fourth-order valence-electron chi connectivity index (χ4n) is 1.29. The summed E-state index contributed by atoms with van der Waals surface area (Å²) in [5, 5.41) is 2.62. The average Bonchev–Trinajstić information content (AvgIpc) is 2.35. The Morgan fingerprint density at radius 2 is 2.22 bits per heavy atom. The van der Waals surface area contributed by atoms with E-state index in [1.54, 1.807) is 19.2 Å². The number of carbonyl (C=O) groups excluding carboxylic acids is 1. The normalized spacial score (nSPS) is 9.94. The molecule has 0 heterocycles. The van der Waals surface area contributed by atoms with Gasteiger partial charge in [0.2, 0.25) is 0 Å². The van der Waals surface area contributed by atoms with Crippen molar-refractivity contribution in [2.24, 2.45) is 5.73 Å². The zero-order chi connectivity index (χ0) is 13.7. The third-order valence-corrected chi connectivity index (χ3v) is 2.82. The fourth-order valence-corrected chi connectivity index (χ4v) is 1.42. The summed E-state index contributed by atoms with van der Waals surface area (Å²) < 4.78 is 13.7. The van der Waals surface area contributed by atoms with Crippen LogP contribution in [0.3, 0.4) is 0 Å². The van der Waals surface area contributed by atoms with E-state index in [1.165, 1.54) is 11.0 Å². The molecule has 1 rings (SSSR count). The van der Waals surface area contributed by atoms with Crippen molar-refractivity contribution in [2.45, 2.75) is 13.5 Å². The number of nitrogens with zero attached hydrogens (tertiary/aromatic N) is 1. The number of amides is 2. The van der Waals surface area contributed by atoms with Gasteiger partial charge in [-0.25, -0.2) is 9.18 Å². The van der Waals surface area contributed by atoms with E-state index in [0.29, 0.717) is 17.7 Å². The standard InChI is InChI=1S/C12H16FN3OS/c1-3-16(2)12(17)15-7-9-5-4-8(11(14)18)6-10(9)13/h4-6H,3,7H2,1-2H3,(H2,14,18)(H,15,17). The molecule has 4 nitrogen and oxygen atoms in total. The first-order valence-electron chi connectivity index (χ1n) is 5.53. The molecule has 0 atom stereocenters. The number of halogens is 1. The number of rotatable bonds is 4. The number of thiocarbonyl (C=S) groups is 1. The zero-order valence-corrected chi connectivity index (χ0v) is 11.2. The van der Waals surface area contributed by atoms with Crippen molar-refractivity contribution in [3.8, 4) is 0 Å². The lowest BCUT2D eigenvalue weighted by molar-refractivity contribution is 0.210. The van der Waals surface area contributed by atoms with Gasteiger partial charge >= 0.3 is 6.03 Å². The summed E-state index contributed by atoms with van der Waals surface area (Å²) in [4.78, 5) is 13.1. The molecular weight excluding hydrogens is 253 g/mol. The highest BCUT2D eigenvalue weighted by atomic mass is 32.1. The van der Waals surface area contributed by atoms with Crippen molar-refractivity contribution in [2.75, 3.05) is 13.6 Å². The minimum Gasteiger partial charge on any atom is -0.389 e. The SMILES string of the molecule is CCN(C)C(=O)NCc1ccc(C(N)=S)cc1F. The first-order valence-corrected chi connectivity index (χ1v) is 5.93. The first-order chi connectivity index (χ1) is 8.45. The van der Waals surface area contributed by atoms with Crippen molar-refractivity contribution < 1.29 is 9.18 Å². The molecule has 0 aromatic heterocycles. The van der Waals surface area contributed by atoms with Gasteiger partial charge in [0.1, 0.15) is 10.8 Å². The van der Waals surface area contributed by atoms with Crippen molar-refractivity contribution in [3.63, 3.8) is 0 Å². The van der Waals surface area contributed by atoms with Crippen LogP contribution in [0.2, 0.25) is 0 Å². The number of nitrogens with two attached hydrogens (primary N) is 1. The number of urea groups is 1. The van der Waals surface area contributed by atoms with E-state index in [0.717, 1.165) is 0 Å². The minimum atomic E-state index is -0.431. The van der Waals surface area contributed by atoms with E-state index in [9.17, 15) is 9.18 Å². The molecule has 2 amide bonds. The Kier molecular flexibility index (Phi) is 5.03. The number of nitrogens with one attached hydrogen (secondary N) is 1. The summed E-state index contributed by atoms with van der Waals surface area (Å²) in [6.45, 7) is 2.58. The maximum Gasteiger partial charge on any atom is 0.317 e. The Morgan fingerprint density at radius 3 is 2.72 bits per heavy atom. The molecule has 1 aromatic carbocycles. The molecular formula is C12H16FN3OS. The van der Waals surface area contributed by atoms with Crippen LogP contribution in [0.5, 0.6) is 0 Å². The van der Waals surface area contributed by atoms with Crippen LogP contribution in [-0.2, 0) is 6.54 Å². The van der Waals surface area contributed by atoms with Crippen LogP contribution in [-0.4, -0.2) is 29.5 Å². The maximum absolute atomic E-state index is 13.7. The third kappa shape index (κ3) is 3.66. The van der Waals surface area contributed by atoms with Gasteiger partial charge in [-0.2, -0.15) is 0 Å². The van der Waals surface area contributed by atoms with Gasteiger partial charge in [0, 0.05) is 31.3 Å². The molecule has 0 spiro atoms. The van der Waals surface area contributed by atoms with Crippen molar-refractivity contribution in [3.05, 3.63) is 35.1 Å². The molecule has 18 heavy (non-hydrogen) atoms. The predicted molar refractivity (Wildman–Crippen MR) is 72.8 cm³/mol. The molecule has 0 saturated carbocycles. The van der Waals surface area contributed by atoms with E-state index in [2.05, 4.69) is 5.32 Å². The Bertz CT molecular complexity index is 465. The largest absolute Gasteiger partial charge is 0.389 e. The van der Waals surface area contributed by atoms with E-state index >= 15 is 0 Å². The molecule has 0 radical (unpaired) electrons. The zero-order valence-electron chi connectivity index (χ0n) is 10.4. The monoisotopic (exact) mass is 269 g/mol. The summed E-state index contributed by atoms with van der Waals surface area (Å²) in [6, 6.07) is 4.23. The lowest BCUT2D eigenvalue weighted by Crippen LogP contribution is -2.36. The number of benzene rings is 1. The van der Waals surface area contributed by atoms with Crippen LogP contribution in [0.25, 0.3) is 0 Å². The van der Waals surface area contributed by atoms with Crippen molar-refractivity contribution in [1.29, 1.82) is 0 Å². The summed E-state index contributed by atoms with van der Waals surface area (Å²) >= 11 is 4.76. The smallest absolute Gasteiger partial charge is 0.317 e. The second kappa shape index (κ2) is 6.30. The van der Waals surface area contributed by atoms with Crippen LogP contribution >= 0.6 is 12.2 Å². The average molecular weight is 269 g/mol. The number of carbonyl (C=O) groups is 1. The quantitative estimate of drug-likeness (QED) is 0.817. The highest BCUT2D eigenvalue weighted by Crippen LogP contribution is 2.10. The van der Waals surface area contributed by atoms with Gasteiger partial charge in [0.05, 0.1) is 0 Å². The Hall–Kier alpha value is -1.69. The Balaban J connectivity index is 2.69. The van der Waals surface area contributed by atoms with Crippen molar-refractivity contribution >= 4 is 23.2 Å². The molecule has 0 aliphatic carbocycles. The Morgan fingerprint density at radius 1 is 1.56 bits per heavy atom. The highest BCUT2D eigenvalue weighted by molar-refractivity contribution is 7.80. The first kappa shape index (κ1) is 14.4. The second-order valence-electron chi connectivity index (χ2n) is 3.84. The van der Waals surface area contributed by atoms with Gasteiger partial charge in [0.15, 0.2) is 0 Å². The summed E-state index contributed by atoms with van der Waals surface area (Å²) in [5.74, 6) is -0.431. The van der Waals surface area contributed by atoms with Crippen LogP contribution in [0, 0.1) is 5.82 Å². The fraction of sp³-hybridized carbons (Fsp3) is 0.333. The van der Waals surface area contributed by atoms with Gasteiger partial charge in [-0.3, -0.25) is 0 Å². The topological polar surface area (TPSA) is 58.4 Å². The lowest BCUT2D eigenvalue weighted by atomic mass is 10.1. The second-order valence-corrected chi connectivity index (χ2v) is 4.28. The minimum absolute atomic E-state index is 0.132. The summed E-state index contributed by atoms with van der Waals surface area (Å²) in [6.07, 6.45) is 0. The molecule has 1 aromatic rings. The highest BCUT2D eigenvalue weighted by Gasteiger charge is 2.09. The molecule has 3 N–H and O–H groups in total. The van der Waals surface area contributed by atoms with E-state index in [1.807, 2.05) is 6.92 Å². The van der Waals surface area contributed by atoms with Crippen LogP contribution in [0.4, 0.5) is 9.18 Å². The molecule has 0 bridgehead atoms. The molecule has 0 fully saturated rings. The van der Waals surface area contributed by atoms with Gasteiger partial charge in [-0.1, -0.05) is 24.4 Å². The predicted octanol–water partition coefficient (Wildman–Crippen LogP) is 1.62. The molecule has 0 saturated heterocycles. The molecule has 0 aliphatic heterocycles. The molecule has 0 aliphatic rings. The number of hydrogen-bond donors (Lipinski definition) is 2. The molecule has 6 heteroatoms. The van der Waals surface area contributed by atoms with E-state index < -0.39 is 5.82 Å². The van der Waals surface area contributed by atoms with Gasteiger partial charge in [-0.15, -0.1) is 0 Å². The summed E-state index contributed by atoms with van der Waals surface area (Å²) in [7, 11) is 1.67. The maximum atomic E-state index is 13.7. The van der Waals surface area contributed by atoms with E-state index in [-0.39, 0.29) is 17.6 Å². The summed E-state index contributed by atoms with van der Waals surface area (Å²) in [5.41, 5.74) is 6.27. The van der Waals surface area contributed by atoms with E-state index in [4.69, 9.17) is 18.0 Å².